The van der Waals surface area contributed by atoms with E-state index in [1.165, 1.54) is 63.4 Å². The van der Waals surface area contributed by atoms with Crippen molar-refractivity contribution in [2.24, 2.45) is 23.7 Å². The molecule has 152 valence electrons. The summed E-state index contributed by atoms with van der Waals surface area (Å²) >= 11 is 0. The predicted molar refractivity (Wildman–Crippen MR) is 110 cm³/mol. The molecule has 0 amide bonds. The third kappa shape index (κ3) is 6.43. The van der Waals surface area contributed by atoms with Crippen molar-refractivity contribution in [1.29, 1.82) is 5.26 Å². The maximum atomic E-state index is 13.1. The van der Waals surface area contributed by atoms with Crippen molar-refractivity contribution in [3.8, 4) is 6.07 Å². The summed E-state index contributed by atoms with van der Waals surface area (Å²) in [7, 11) is 0. The molecule has 0 heterocycles. The number of hydrogen-bond acceptors (Lipinski definition) is 1. The van der Waals surface area contributed by atoms with Crippen LogP contribution in [0.5, 0.6) is 0 Å². The normalized spacial score (nSPS) is 28.7. The molecule has 2 fully saturated rings. The van der Waals surface area contributed by atoms with Gasteiger partial charge in [0, 0.05) is 0 Å². The first-order chi connectivity index (χ1) is 13.6. The summed E-state index contributed by atoms with van der Waals surface area (Å²) in [5.74, 6) is 2.07. The van der Waals surface area contributed by atoms with Crippen LogP contribution in [0.2, 0.25) is 0 Å². The van der Waals surface area contributed by atoms with Gasteiger partial charge in [-0.15, -0.1) is 0 Å². The smallest absolute Gasteiger partial charge is 0.196 e. The summed E-state index contributed by atoms with van der Waals surface area (Å²) in [5, 5.41) is 8.58. The van der Waals surface area contributed by atoms with Gasteiger partial charge in [0.2, 0.25) is 0 Å². The zero-order chi connectivity index (χ0) is 19.8. The summed E-state index contributed by atoms with van der Waals surface area (Å²) in [5.41, 5.74) is 1.24. The fraction of sp³-hybridized carbons (Fsp3) is 0.640. The molecule has 0 radical (unpaired) electrons. The van der Waals surface area contributed by atoms with Crippen LogP contribution in [-0.4, -0.2) is 0 Å². The number of rotatable bonds is 7. The molecule has 0 unspecified atom stereocenters. The van der Waals surface area contributed by atoms with Crippen LogP contribution in [0.4, 0.5) is 8.78 Å². The SMILES string of the molecule is N#C/C(F)=C/C1CCC([C@H]2CC[C@H](CCCCc3ccc(F)cc3)CC2)CC1. The van der Waals surface area contributed by atoms with E-state index in [2.05, 4.69) is 0 Å². The fourth-order valence-corrected chi connectivity index (χ4v) is 5.39. The van der Waals surface area contributed by atoms with Crippen LogP contribution < -0.4 is 0 Å². The van der Waals surface area contributed by atoms with Gasteiger partial charge in [-0.3, -0.25) is 0 Å². The summed E-state index contributed by atoms with van der Waals surface area (Å²) in [4.78, 5) is 0. The first kappa shape index (κ1) is 21.0. The fourth-order valence-electron chi connectivity index (χ4n) is 5.39. The first-order valence-electron chi connectivity index (χ1n) is 11.2. The van der Waals surface area contributed by atoms with E-state index in [1.807, 2.05) is 12.1 Å². The quantitative estimate of drug-likeness (QED) is 0.351. The van der Waals surface area contributed by atoms with Gasteiger partial charge in [0.1, 0.15) is 11.9 Å². The van der Waals surface area contributed by atoms with Crippen LogP contribution in [0.1, 0.15) is 76.2 Å². The number of aryl methyl sites for hydroxylation is 1. The van der Waals surface area contributed by atoms with Crippen LogP contribution in [0.3, 0.4) is 0 Å². The molecule has 1 aromatic carbocycles. The standard InChI is InChI=1S/C25H33F2N/c26-24-15-9-20(10-16-24)4-2-1-3-19-5-11-22(12-6-19)23-13-7-21(8-14-23)17-25(27)18-28/h9-10,15-17,19,21-23H,1-8,11-14H2/b25-17-/t19-,21?,22-,23?. The molecule has 2 aliphatic rings. The molecule has 0 N–H and O–H groups in total. The van der Waals surface area contributed by atoms with Crippen LogP contribution in [0, 0.1) is 40.8 Å². The molecule has 1 aromatic rings. The Morgan fingerprint density at radius 2 is 1.54 bits per heavy atom. The van der Waals surface area contributed by atoms with Crippen molar-refractivity contribution in [3.05, 3.63) is 47.5 Å². The van der Waals surface area contributed by atoms with Crippen molar-refractivity contribution < 1.29 is 8.78 Å². The Morgan fingerprint density at radius 3 is 2.14 bits per heavy atom. The maximum absolute atomic E-state index is 13.1. The number of hydrogen-bond donors (Lipinski definition) is 0. The lowest BCUT2D eigenvalue weighted by Crippen LogP contribution is -2.25. The van der Waals surface area contributed by atoms with E-state index >= 15 is 0 Å². The lowest BCUT2D eigenvalue weighted by Gasteiger charge is -2.37. The van der Waals surface area contributed by atoms with E-state index in [0.717, 1.165) is 37.0 Å². The van der Waals surface area contributed by atoms with Crippen molar-refractivity contribution in [2.45, 2.75) is 77.0 Å². The zero-order valence-electron chi connectivity index (χ0n) is 16.9. The Bertz CT molecular complexity index is 657. The lowest BCUT2D eigenvalue weighted by atomic mass is 9.68. The second-order valence-electron chi connectivity index (χ2n) is 8.95. The molecule has 2 saturated carbocycles. The van der Waals surface area contributed by atoms with Crippen molar-refractivity contribution in [3.63, 3.8) is 0 Å². The summed E-state index contributed by atoms with van der Waals surface area (Å²) in [6, 6.07) is 8.52. The van der Waals surface area contributed by atoms with E-state index in [4.69, 9.17) is 5.26 Å². The number of benzene rings is 1. The molecular weight excluding hydrogens is 352 g/mol. The van der Waals surface area contributed by atoms with Gasteiger partial charge in [-0.05, 0) is 98.8 Å². The number of allylic oxidation sites excluding steroid dienone is 2. The molecule has 1 nitrogen and oxygen atoms in total. The van der Waals surface area contributed by atoms with Gasteiger partial charge in [0.25, 0.3) is 0 Å². The molecule has 2 aliphatic carbocycles. The minimum atomic E-state index is -0.608. The number of nitriles is 1. The average Bonchev–Trinajstić information content (AvgIpc) is 2.73. The van der Waals surface area contributed by atoms with Gasteiger partial charge in [0.05, 0.1) is 0 Å². The number of nitrogens with zero attached hydrogens (tertiary/aromatic N) is 1. The molecule has 0 spiro atoms. The third-order valence-corrected chi connectivity index (χ3v) is 7.10. The highest BCUT2D eigenvalue weighted by Gasteiger charge is 2.30. The highest BCUT2D eigenvalue weighted by molar-refractivity contribution is 5.16. The maximum Gasteiger partial charge on any atom is 0.196 e. The minimum absolute atomic E-state index is 0.153. The molecule has 28 heavy (non-hydrogen) atoms. The predicted octanol–water partition coefficient (Wildman–Crippen LogP) is 7.53. The second kappa shape index (κ2) is 10.7. The topological polar surface area (TPSA) is 23.8 Å². The zero-order valence-corrected chi connectivity index (χ0v) is 16.9. The highest BCUT2D eigenvalue weighted by Crippen LogP contribution is 2.42. The van der Waals surface area contributed by atoms with Crippen molar-refractivity contribution in [2.75, 3.05) is 0 Å². The second-order valence-corrected chi connectivity index (χ2v) is 8.95. The van der Waals surface area contributed by atoms with E-state index in [-0.39, 0.29) is 11.7 Å². The van der Waals surface area contributed by atoms with Crippen molar-refractivity contribution >= 4 is 0 Å². The van der Waals surface area contributed by atoms with Crippen LogP contribution in [0.15, 0.2) is 36.2 Å². The highest BCUT2D eigenvalue weighted by atomic mass is 19.1. The van der Waals surface area contributed by atoms with Crippen LogP contribution in [-0.2, 0) is 6.42 Å². The summed E-state index contributed by atoms with van der Waals surface area (Å²) in [6.45, 7) is 0. The Hall–Kier alpha value is -1.69. The average molecular weight is 386 g/mol. The van der Waals surface area contributed by atoms with Crippen LogP contribution in [0.25, 0.3) is 0 Å². The minimum Gasteiger partial charge on any atom is -0.207 e. The molecular formula is C25H33F2N. The summed E-state index contributed by atoms with van der Waals surface area (Å²) < 4.78 is 26.1. The van der Waals surface area contributed by atoms with Crippen molar-refractivity contribution in [1.82, 2.24) is 0 Å². The number of unbranched alkanes of at least 4 members (excludes halogenated alkanes) is 1. The van der Waals surface area contributed by atoms with Gasteiger partial charge in [0.15, 0.2) is 5.83 Å². The lowest BCUT2D eigenvalue weighted by molar-refractivity contribution is 0.151. The third-order valence-electron chi connectivity index (χ3n) is 7.10. The van der Waals surface area contributed by atoms with Gasteiger partial charge >= 0.3 is 0 Å². The molecule has 0 aromatic heterocycles. The van der Waals surface area contributed by atoms with Gasteiger partial charge in [-0.1, -0.05) is 37.8 Å². The Labute approximate surface area is 168 Å². The van der Waals surface area contributed by atoms with E-state index in [9.17, 15) is 8.78 Å². The van der Waals surface area contributed by atoms with E-state index in [0.29, 0.717) is 0 Å². The molecule has 3 heteroatoms. The van der Waals surface area contributed by atoms with Gasteiger partial charge in [-0.2, -0.15) is 9.65 Å². The molecule has 3 rings (SSSR count). The monoisotopic (exact) mass is 385 g/mol. The number of halogens is 2. The first-order valence-corrected chi connectivity index (χ1v) is 11.2. The molecule has 0 aliphatic heterocycles. The largest absolute Gasteiger partial charge is 0.207 e. The molecule has 0 saturated heterocycles. The van der Waals surface area contributed by atoms with E-state index < -0.39 is 5.83 Å². The van der Waals surface area contributed by atoms with Gasteiger partial charge in [-0.25, -0.2) is 4.39 Å². The van der Waals surface area contributed by atoms with E-state index in [1.54, 1.807) is 24.3 Å². The molecule has 0 bridgehead atoms. The molecule has 0 atom stereocenters. The Morgan fingerprint density at radius 1 is 0.929 bits per heavy atom. The Balaban J connectivity index is 1.29. The van der Waals surface area contributed by atoms with Gasteiger partial charge < -0.3 is 0 Å². The van der Waals surface area contributed by atoms with Crippen LogP contribution >= 0.6 is 0 Å². The summed E-state index contributed by atoms with van der Waals surface area (Å²) in [6.07, 6.45) is 16.3. The Kier molecular flexibility index (Phi) is 8.07.